The molecule has 1 aliphatic rings. The molecule has 0 radical (unpaired) electrons. The van der Waals surface area contributed by atoms with E-state index in [9.17, 15) is 13.2 Å². The highest BCUT2D eigenvalue weighted by Gasteiger charge is 2.55. The molecule has 98 valence electrons. The van der Waals surface area contributed by atoms with Crippen LogP contribution in [0.15, 0.2) is 17.1 Å². The maximum Gasteiger partial charge on any atom is 0.309 e. The van der Waals surface area contributed by atoms with E-state index in [2.05, 4.69) is 14.7 Å². The van der Waals surface area contributed by atoms with Gasteiger partial charge >= 0.3 is 5.92 Å². The monoisotopic (exact) mass is 259 g/mol. The Labute approximate surface area is 101 Å². The average Bonchev–Trinajstić information content (AvgIpc) is 2.28. The molecule has 0 aromatic carbocycles. The summed E-state index contributed by atoms with van der Waals surface area (Å²) in [4.78, 5) is 6.97. The Bertz CT molecular complexity index is 520. The summed E-state index contributed by atoms with van der Waals surface area (Å²) in [5.74, 6) is -4.77. The van der Waals surface area contributed by atoms with E-state index >= 15 is 0 Å². The summed E-state index contributed by atoms with van der Waals surface area (Å²) in [7, 11) is 0. The molecule has 0 aliphatic carbocycles. The van der Waals surface area contributed by atoms with Gasteiger partial charge in [0.2, 0.25) is 0 Å². The highest BCUT2D eigenvalue weighted by atomic mass is 19.3. The van der Waals surface area contributed by atoms with Gasteiger partial charge in [-0.3, -0.25) is 0 Å². The largest absolute Gasteiger partial charge is 0.482 e. The molecular formula is C10H10F3N4O-. The fourth-order valence-corrected chi connectivity index (χ4v) is 1.65. The molecule has 2 rings (SSSR count). The molecule has 5 nitrogen and oxygen atoms in total. The third-order valence-electron chi connectivity index (χ3n) is 2.75. The molecule has 0 saturated heterocycles. The highest BCUT2D eigenvalue weighted by molar-refractivity contribution is 5.73. The summed E-state index contributed by atoms with van der Waals surface area (Å²) in [5, 5.41) is 0. The lowest BCUT2D eigenvalue weighted by Crippen LogP contribution is -2.51. The van der Waals surface area contributed by atoms with Crippen LogP contribution in [0.4, 0.5) is 19.0 Å². The number of hydrogen-bond acceptors (Lipinski definition) is 4. The van der Waals surface area contributed by atoms with Gasteiger partial charge in [-0.1, -0.05) is 11.9 Å². The molecule has 1 atom stereocenters. The number of nitrogens with zero attached hydrogens (tertiary/aromatic N) is 2. The molecule has 0 unspecified atom stereocenters. The highest BCUT2D eigenvalue weighted by Crippen LogP contribution is 2.43. The Balaban J connectivity index is 2.65. The lowest BCUT2D eigenvalue weighted by Gasteiger charge is -2.38. The van der Waals surface area contributed by atoms with Gasteiger partial charge in [0.1, 0.15) is 5.82 Å². The zero-order valence-electron chi connectivity index (χ0n) is 9.38. The number of ether oxygens (including phenoxy) is 1. The van der Waals surface area contributed by atoms with Crippen molar-refractivity contribution < 1.29 is 17.9 Å². The molecule has 0 saturated carbocycles. The van der Waals surface area contributed by atoms with Gasteiger partial charge in [0.25, 0.3) is 6.02 Å². The van der Waals surface area contributed by atoms with E-state index in [-0.39, 0.29) is 5.82 Å². The molecule has 0 amide bonds. The van der Waals surface area contributed by atoms with Gasteiger partial charge in [-0.25, -0.2) is 9.38 Å². The van der Waals surface area contributed by atoms with Gasteiger partial charge in [0, 0.05) is 5.69 Å². The summed E-state index contributed by atoms with van der Waals surface area (Å²) in [6.07, 6.45) is 0. The van der Waals surface area contributed by atoms with Crippen LogP contribution in [-0.2, 0) is 10.3 Å². The number of pyridine rings is 1. The van der Waals surface area contributed by atoms with E-state index in [0.717, 1.165) is 19.1 Å². The molecule has 8 heteroatoms. The van der Waals surface area contributed by atoms with Gasteiger partial charge in [0.15, 0.2) is 12.1 Å². The minimum Gasteiger partial charge on any atom is -0.482 e. The van der Waals surface area contributed by atoms with Crippen molar-refractivity contribution in [3.8, 4) is 0 Å². The number of nitrogens with one attached hydrogen (secondary N) is 1. The van der Waals surface area contributed by atoms with Gasteiger partial charge in [-0.05, 0) is 13.0 Å². The fourth-order valence-electron chi connectivity index (χ4n) is 1.65. The van der Waals surface area contributed by atoms with E-state index in [1.54, 1.807) is 0 Å². The van der Waals surface area contributed by atoms with E-state index in [1.165, 1.54) is 0 Å². The number of alkyl halides is 2. The summed E-state index contributed by atoms with van der Waals surface area (Å²) < 4.78 is 45.8. The van der Waals surface area contributed by atoms with E-state index in [4.69, 9.17) is 11.5 Å². The van der Waals surface area contributed by atoms with E-state index < -0.39 is 35.6 Å². The van der Waals surface area contributed by atoms with Crippen LogP contribution in [0, 0.1) is 5.82 Å². The van der Waals surface area contributed by atoms with Crippen LogP contribution in [0.2, 0.25) is 0 Å². The molecule has 1 aromatic heterocycles. The number of hydrogen-bond donors (Lipinski definition) is 1. The van der Waals surface area contributed by atoms with Crippen molar-refractivity contribution in [1.82, 2.24) is 4.98 Å². The zero-order chi connectivity index (χ0) is 13.6. The first kappa shape index (κ1) is 12.5. The van der Waals surface area contributed by atoms with E-state index in [1.807, 2.05) is 0 Å². The second-order valence-corrected chi connectivity index (χ2v) is 4.04. The van der Waals surface area contributed by atoms with Crippen molar-refractivity contribution in [2.75, 3.05) is 6.61 Å². The summed E-state index contributed by atoms with van der Waals surface area (Å²) >= 11 is 0. The Morgan fingerprint density at radius 1 is 1.44 bits per heavy atom. The Morgan fingerprint density at radius 2 is 2.11 bits per heavy atom. The number of nitrogens with two attached hydrogens (primary N) is 1. The normalized spacial score (nSPS) is 26.3. The second-order valence-electron chi connectivity index (χ2n) is 4.04. The smallest absolute Gasteiger partial charge is 0.309 e. The molecule has 2 heterocycles. The molecule has 3 N–H and O–H groups in total. The summed E-state index contributed by atoms with van der Waals surface area (Å²) in [5.41, 5.74) is 9.64. The Kier molecular flexibility index (Phi) is 2.60. The molecule has 1 aromatic rings. The number of halogens is 3. The Hall–Kier alpha value is -1.99. The second kappa shape index (κ2) is 3.76. The van der Waals surface area contributed by atoms with Crippen LogP contribution in [0.5, 0.6) is 0 Å². The lowest BCUT2D eigenvalue weighted by atomic mass is 9.89. The van der Waals surface area contributed by atoms with E-state index in [0.29, 0.717) is 0 Å². The van der Waals surface area contributed by atoms with Crippen molar-refractivity contribution in [3.05, 3.63) is 29.4 Å². The van der Waals surface area contributed by atoms with Crippen LogP contribution in [-0.4, -0.2) is 23.5 Å². The quantitative estimate of drug-likeness (QED) is 0.838. The first-order valence-electron chi connectivity index (χ1n) is 5.01. The van der Waals surface area contributed by atoms with Crippen molar-refractivity contribution in [3.63, 3.8) is 0 Å². The third kappa shape index (κ3) is 1.73. The number of rotatable bonds is 1. The minimum atomic E-state index is -3.47. The summed E-state index contributed by atoms with van der Waals surface area (Å²) in [6.45, 7) is -0.00455. The molecular weight excluding hydrogens is 249 g/mol. The molecule has 1 aliphatic heterocycles. The van der Waals surface area contributed by atoms with Crippen molar-refractivity contribution in [2.45, 2.75) is 18.4 Å². The fraction of sp³-hybridized carbons (Fsp3) is 0.400. The van der Waals surface area contributed by atoms with Crippen LogP contribution in [0.1, 0.15) is 12.6 Å². The van der Waals surface area contributed by atoms with Gasteiger partial charge in [0.05, 0.1) is 0 Å². The molecule has 0 spiro atoms. The summed E-state index contributed by atoms with van der Waals surface area (Å²) in [6, 6.07) is 1.50. The molecule has 0 fully saturated rings. The number of aliphatic imine (C=N–C) groups is 1. The predicted octanol–water partition coefficient (Wildman–Crippen LogP) is 2.10. The molecule has 0 bridgehead atoms. The number of amidine groups is 1. The molecule has 18 heavy (non-hydrogen) atoms. The average molecular weight is 259 g/mol. The van der Waals surface area contributed by atoms with Crippen LogP contribution in [0.3, 0.4) is 0 Å². The SMILES string of the molecule is C[C@]1(c2nc([NH-])ccc2F)N=C(N)OCC1(F)F. The topological polar surface area (TPSA) is 84.3 Å². The Morgan fingerprint density at radius 3 is 2.78 bits per heavy atom. The van der Waals surface area contributed by atoms with Crippen molar-refractivity contribution >= 4 is 11.8 Å². The van der Waals surface area contributed by atoms with Crippen LogP contribution in [0.25, 0.3) is 5.73 Å². The first-order chi connectivity index (χ1) is 8.26. The maximum absolute atomic E-state index is 13.9. The number of aromatic nitrogens is 1. The van der Waals surface area contributed by atoms with Gasteiger partial charge in [-0.2, -0.15) is 8.78 Å². The lowest BCUT2D eigenvalue weighted by molar-refractivity contribution is -0.118. The van der Waals surface area contributed by atoms with Crippen LogP contribution < -0.4 is 5.73 Å². The van der Waals surface area contributed by atoms with Crippen LogP contribution >= 0.6 is 0 Å². The first-order valence-corrected chi connectivity index (χ1v) is 5.01. The predicted molar refractivity (Wildman–Crippen MR) is 58.1 cm³/mol. The maximum atomic E-state index is 13.9. The van der Waals surface area contributed by atoms with Gasteiger partial charge < -0.3 is 21.2 Å². The third-order valence-corrected chi connectivity index (χ3v) is 2.75. The zero-order valence-corrected chi connectivity index (χ0v) is 9.38. The van der Waals surface area contributed by atoms with Crippen molar-refractivity contribution in [1.29, 1.82) is 0 Å². The minimum absolute atomic E-state index is 0.330. The van der Waals surface area contributed by atoms with Crippen molar-refractivity contribution in [2.24, 2.45) is 10.7 Å². The van der Waals surface area contributed by atoms with Gasteiger partial charge in [-0.15, -0.1) is 0 Å². The standard InChI is InChI=1S/C10H10F3N4O/c1-9(7-5(11)2-3-6(14)16-7)10(12,13)4-18-8(15)17-9/h2-3H,4H2,1H3,(H3-,14,15,16,17)/q-1/t9-/m1/s1.